The molecule has 0 amide bonds. The number of benzene rings is 2. The monoisotopic (exact) mass is 379 g/mol. The van der Waals surface area contributed by atoms with E-state index in [1.54, 1.807) is 19.2 Å². The highest BCUT2D eigenvalue weighted by molar-refractivity contribution is 5.90. The first kappa shape index (κ1) is 19.7. The number of carbonyl (C=O) groups is 2. The van der Waals surface area contributed by atoms with Gasteiger partial charge in [0, 0.05) is 36.5 Å². The highest BCUT2D eigenvalue weighted by atomic mass is 16.5. The first-order valence-corrected chi connectivity index (χ1v) is 9.40. The van der Waals surface area contributed by atoms with Gasteiger partial charge in [0.1, 0.15) is 12.0 Å². The fraction of sp³-hybridized carbons (Fsp3) is 0.304. The number of aromatic nitrogens is 1. The molecule has 0 N–H and O–H groups in total. The molecule has 0 spiro atoms. The molecule has 1 heterocycles. The van der Waals surface area contributed by atoms with Crippen LogP contribution in [0.4, 0.5) is 0 Å². The number of ether oxygens (including phenoxy) is 2. The summed E-state index contributed by atoms with van der Waals surface area (Å²) >= 11 is 0. The predicted molar refractivity (Wildman–Crippen MR) is 109 cm³/mol. The van der Waals surface area contributed by atoms with Crippen molar-refractivity contribution in [1.82, 2.24) is 4.57 Å². The van der Waals surface area contributed by atoms with Crippen LogP contribution < -0.4 is 4.74 Å². The van der Waals surface area contributed by atoms with Gasteiger partial charge in [0.25, 0.3) is 0 Å². The van der Waals surface area contributed by atoms with Crippen LogP contribution in [0.2, 0.25) is 0 Å². The standard InChI is InChI=1S/C23H25NO4/c1-4-10-24-15-19(20-12-16(9-11-25)5-8-21(20)24)13-17-6-7-18(23(26)28-3)14-22(17)27-2/h5-8,11-12,14-15H,4,9-10,13H2,1-3H3. The summed E-state index contributed by atoms with van der Waals surface area (Å²) in [6.07, 6.45) is 5.22. The molecule has 0 saturated heterocycles. The Hall–Kier alpha value is -3.08. The Labute approximate surface area is 164 Å². The number of fused-ring (bicyclic) bond motifs is 1. The number of rotatable bonds is 8. The molecule has 0 fully saturated rings. The molecule has 3 aromatic rings. The van der Waals surface area contributed by atoms with Gasteiger partial charge in [0.2, 0.25) is 0 Å². The smallest absolute Gasteiger partial charge is 0.337 e. The summed E-state index contributed by atoms with van der Waals surface area (Å²) in [5.74, 6) is 0.270. The number of hydrogen-bond donors (Lipinski definition) is 0. The van der Waals surface area contributed by atoms with Gasteiger partial charge >= 0.3 is 5.97 Å². The molecule has 0 aliphatic heterocycles. The number of aryl methyl sites for hydroxylation is 1. The minimum Gasteiger partial charge on any atom is -0.496 e. The molecule has 5 nitrogen and oxygen atoms in total. The number of aldehydes is 1. The van der Waals surface area contributed by atoms with E-state index in [1.165, 1.54) is 12.7 Å². The minimum atomic E-state index is -0.386. The van der Waals surface area contributed by atoms with Crippen molar-refractivity contribution in [3.8, 4) is 5.75 Å². The quantitative estimate of drug-likeness (QED) is 0.435. The fourth-order valence-electron chi connectivity index (χ4n) is 3.55. The van der Waals surface area contributed by atoms with Crippen molar-refractivity contribution in [2.45, 2.75) is 32.7 Å². The third-order valence-corrected chi connectivity index (χ3v) is 4.90. The Morgan fingerprint density at radius 3 is 2.61 bits per heavy atom. The van der Waals surface area contributed by atoms with E-state index >= 15 is 0 Å². The van der Waals surface area contributed by atoms with Crippen molar-refractivity contribution in [3.05, 3.63) is 64.8 Å². The summed E-state index contributed by atoms with van der Waals surface area (Å²) in [7, 11) is 2.96. The lowest BCUT2D eigenvalue weighted by Gasteiger charge is -2.10. The van der Waals surface area contributed by atoms with Crippen molar-refractivity contribution < 1.29 is 19.1 Å². The molecule has 0 aliphatic carbocycles. The third kappa shape index (κ3) is 3.93. The van der Waals surface area contributed by atoms with Crippen molar-refractivity contribution in [1.29, 1.82) is 0 Å². The van der Waals surface area contributed by atoms with Crippen LogP contribution in [0.3, 0.4) is 0 Å². The second kappa shape index (κ2) is 8.74. The minimum absolute atomic E-state index is 0.386. The van der Waals surface area contributed by atoms with Gasteiger partial charge in [-0.25, -0.2) is 4.79 Å². The molecule has 3 rings (SSSR count). The van der Waals surface area contributed by atoms with Gasteiger partial charge in [-0.3, -0.25) is 0 Å². The van der Waals surface area contributed by atoms with Gasteiger partial charge in [0.05, 0.1) is 19.8 Å². The van der Waals surface area contributed by atoms with Crippen molar-refractivity contribution >= 4 is 23.2 Å². The van der Waals surface area contributed by atoms with E-state index in [4.69, 9.17) is 9.47 Å². The molecule has 0 saturated carbocycles. The Balaban J connectivity index is 2.04. The summed E-state index contributed by atoms with van der Waals surface area (Å²) in [5.41, 5.74) is 4.79. The van der Waals surface area contributed by atoms with E-state index in [2.05, 4.69) is 29.8 Å². The van der Waals surface area contributed by atoms with Crippen LogP contribution in [-0.4, -0.2) is 31.0 Å². The summed E-state index contributed by atoms with van der Waals surface area (Å²) in [4.78, 5) is 22.7. The van der Waals surface area contributed by atoms with E-state index < -0.39 is 0 Å². The van der Waals surface area contributed by atoms with Crippen molar-refractivity contribution in [3.63, 3.8) is 0 Å². The van der Waals surface area contributed by atoms with Crippen LogP contribution in [-0.2, 0) is 28.9 Å². The Bertz CT molecular complexity index is 1000. The van der Waals surface area contributed by atoms with Crippen LogP contribution in [0, 0.1) is 0 Å². The highest BCUT2D eigenvalue weighted by Gasteiger charge is 2.14. The first-order valence-electron chi connectivity index (χ1n) is 9.40. The summed E-state index contributed by atoms with van der Waals surface area (Å²) < 4.78 is 12.6. The van der Waals surface area contributed by atoms with E-state index in [9.17, 15) is 9.59 Å². The molecular weight excluding hydrogens is 354 g/mol. The molecule has 0 bridgehead atoms. The van der Waals surface area contributed by atoms with Crippen molar-refractivity contribution in [2.75, 3.05) is 14.2 Å². The van der Waals surface area contributed by atoms with Gasteiger partial charge in [0.15, 0.2) is 0 Å². The number of esters is 1. The van der Waals surface area contributed by atoms with Crippen LogP contribution in [0.25, 0.3) is 10.9 Å². The zero-order chi connectivity index (χ0) is 20.1. The maximum Gasteiger partial charge on any atom is 0.337 e. The zero-order valence-corrected chi connectivity index (χ0v) is 16.5. The number of methoxy groups -OCH3 is 2. The van der Waals surface area contributed by atoms with Crippen LogP contribution in [0.5, 0.6) is 5.75 Å². The van der Waals surface area contributed by atoms with Gasteiger partial charge in [-0.05, 0) is 47.4 Å². The fourth-order valence-corrected chi connectivity index (χ4v) is 3.55. The Kier molecular flexibility index (Phi) is 6.14. The molecular formula is C23H25NO4. The normalized spacial score (nSPS) is 10.8. The third-order valence-electron chi connectivity index (χ3n) is 4.90. The molecule has 0 radical (unpaired) electrons. The van der Waals surface area contributed by atoms with E-state index in [0.29, 0.717) is 24.2 Å². The zero-order valence-electron chi connectivity index (χ0n) is 16.5. The molecule has 0 atom stereocenters. The van der Waals surface area contributed by atoms with Crippen molar-refractivity contribution in [2.24, 2.45) is 0 Å². The molecule has 0 aliphatic rings. The van der Waals surface area contributed by atoms with Crippen LogP contribution in [0.15, 0.2) is 42.6 Å². The predicted octanol–water partition coefficient (Wildman–Crippen LogP) is 4.18. The number of hydrogen-bond acceptors (Lipinski definition) is 4. The SMILES string of the molecule is CCCn1cc(Cc2ccc(C(=O)OC)cc2OC)c2cc(CC=O)ccc21. The van der Waals surface area contributed by atoms with E-state index in [0.717, 1.165) is 41.3 Å². The molecule has 5 heteroatoms. The van der Waals surface area contributed by atoms with E-state index in [1.807, 2.05) is 12.1 Å². The number of carbonyl (C=O) groups excluding carboxylic acids is 2. The van der Waals surface area contributed by atoms with Gasteiger partial charge in [-0.1, -0.05) is 19.1 Å². The highest BCUT2D eigenvalue weighted by Crippen LogP contribution is 2.29. The van der Waals surface area contributed by atoms with Gasteiger partial charge in [-0.2, -0.15) is 0 Å². The summed E-state index contributed by atoms with van der Waals surface area (Å²) in [6, 6.07) is 11.6. The largest absolute Gasteiger partial charge is 0.496 e. The maximum absolute atomic E-state index is 11.8. The molecule has 1 aromatic heterocycles. The van der Waals surface area contributed by atoms with Crippen LogP contribution in [0.1, 0.15) is 40.4 Å². The molecule has 2 aromatic carbocycles. The van der Waals surface area contributed by atoms with Crippen LogP contribution >= 0.6 is 0 Å². The van der Waals surface area contributed by atoms with Gasteiger partial charge < -0.3 is 18.8 Å². The Morgan fingerprint density at radius 1 is 1.11 bits per heavy atom. The summed E-state index contributed by atoms with van der Waals surface area (Å²) in [5, 5.41) is 1.15. The Morgan fingerprint density at radius 2 is 1.93 bits per heavy atom. The second-order valence-electron chi connectivity index (χ2n) is 6.77. The maximum atomic E-state index is 11.8. The summed E-state index contributed by atoms with van der Waals surface area (Å²) in [6.45, 7) is 3.09. The molecule has 0 unspecified atom stereocenters. The van der Waals surface area contributed by atoms with Gasteiger partial charge in [-0.15, -0.1) is 0 Å². The molecule has 28 heavy (non-hydrogen) atoms. The van der Waals surface area contributed by atoms with E-state index in [-0.39, 0.29) is 5.97 Å². The average molecular weight is 379 g/mol. The lowest BCUT2D eigenvalue weighted by molar-refractivity contribution is -0.107. The topological polar surface area (TPSA) is 57.5 Å². The molecule has 146 valence electrons. The first-order chi connectivity index (χ1) is 13.6. The lowest BCUT2D eigenvalue weighted by Crippen LogP contribution is -2.03. The number of nitrogens with zero attached hydrogens (tertiary/aromatic N) is 1. The average Bonchev–Trinajstić information content (AvgIpc) is 3.05. The second-order valence-corrected chi connectivity index (χ2v) is 6.77. The lowest BCUT2D eigenvalue weighted by atomic mass is 10.0.